The summed E-state index contributed by atoms with van der Waals surface area (Å²) in [5, 5.41) is 3.00. The van der Waals surface area contributed by atoms with Gasteiger partial charge in [-0.2, -0.15) is 0 Å². The van der Waals surface area contributed by atoms with Crippen LogP contribution in [0.2, 0.25) is 0 Å². The molecule has 0 radical (unpaired) electrons. The first-order valence-electron chi connectivity index (χ1n) is 6.13. The molecular weight excluding hydrogens is 204 g/mol. The van der Waals surface area contributed by atoms with Crippen LogP contribution < -0.4 is 11.1 Å². The summed E-state index contributed by atoms with van der Waals surface area (Å²) < 4.78 is 5.33. The third kappa shape index (κ3) is 3.76. The lowest BCUT2D eigenvalue weighted by Crippen LogP contribution is -2.48. The lowest BCUT2D eigenvalue weighted by molar-refractivity contribution is -0.124. The Morgan fingerprint density at radius 1 is 1.50 bits per heavy atom. The van der Waals surface area contributed by atoms with E-state index >= 15 is 0 Å². The fourth-order valence-electron chi connectivity index (χ4n) is 2.28. The Bertz CT molecular complexity index is 231. The van der Waals surface area contributed by atoms with Gasteiger partial charge in [-0.3, -0.25) is 4.79 Å². The molecular formula is C12H24N2O2. The number of carbonyl (C=O) groups is 1. The molecule has 4 heteroatoms. The highest BCUT2D eigenvalue weighted by Gasteiger charge is 2.29. The van der Waals surface area contributed by atoms with Crippen LogP contribution in [0.15, 0.2) is 0 Å². The Hall–Kier alpha value is -0.610. The number of ether oxygens (including phenoxy) is 1. The van der Waals surface area contributed by atoms with Gasteiger partial charge < -0.3 is 15.8 Å². The second-order valence-electron chi connectivity index (χ2n) is 5.06. The zero-order chi connectivity index (χ0) is 12.1. The van der Waals surface area contributed by atoms with E-state index in [1.807, 2.05) is 0 Å². The molecule has 0 aliphatic heterocycles. The molecule has 16 heavy (non-hydrogen) atoms. The molecule has 3 atom stereocenters. The van der Waals surface area contributed by atoms with Crippen LogP contribution >= 0.6 is 0 Å². The summed E-state index contributed by atoms with van der Waals surface area (Å²) >= 11 is 0. The molecule has 1 amide bonds. The number of hydrogen-bond donors (Lipinski definition) is 2. The molecule has 1 rings (SSSR count). The molecule has 3 N–H and O–H groups in total. The van der Waals surface area contributed by atoms with Crippen LogP contribution in [0.4, 0.5) is 0 Å². The van der Waals surface area contributed by atoms with Crippen LogP contribution in [0.3, 0.4) is 0 Å². The molecule has 0 aromatic heterocycles. The maximum Gasteiger partial charge on any atom is 0.237 e. The van der Waals surface area contributed by atoms with Crippen LogP contribution in [-0.4, -0.2) is 31.2 Å². The monoisotopic (exact) mass is 228 g/mol. The number of nitrogens with two attached hydrogens (primary N) is 1. The fraction of sp³-hybridized carbons (Fsp3) is 0.917. The van der Waals surface area contributed by atoms with Crippen molar-refractivity contribution in [2.75, 3.05) is 7.11 Å². The van der Waals surface area contributed by atoms with Crippen molar-refractivity contribution in [2.45, 2.75) is 57.7 Å². The maximum absolute atomic E-state index is 11.8. The van der Waals surface area contributed by atoms with Gasteiger partial charge in [0.2, 0.25) is 5.91 Å². The van der Waals surface area contributed by atoms with E-state index in [-0.39, 0.29) is 18.1 Å². The zero-order valence-electron chi connectivity index (χ0n) is 10.5. The first-order valence-corrected chi connectivity index (χ1v) is 6.13. The predicted molar refractivity (Wildman–Crippen MR) is 64.0 cm³/mol. The Morgan fingerprint density at radius 2 is 2.19 bits per heavy atom. The first kappa shape index (κ1) is 13.5. The minimum Gasteiger partial charge on any atom is -0.379 e. The van der Waals surface area contributed by atoms with Gasteiger partial charge in [0.1, 0.15) is 0 Å². The average molecular weight is 228 g/mol. The Morgan fingerprint density at radius 3 is 2.75 bits per heavy atom. The van der Waals surface area contributed by atoms with Crippen molar-refractivity contribution in [1.29, 1.82) is 0 Å². The van der Waals surface area contributed by atoms with Gasteiger partial charge in [0.05, 0.1) is 18.2 Å². The minimum absolute atomic E-state index is 0.0392. The summed E-state index contributed by atoms with van der Waals surface area (Å²) in [6.45, 7) is 4.14. The highest BCUT2D eigenvalue weighted by atomic mass is 16.5. The second kappa shape index (κ2) is 6.21. The van der Waals surface area contributed by atoms with E-state index in [9.17, 15) is 4.79 Å². The summed E-state index contributed by atoms with van der Waals surface area (Å²) in [6, 6.07) is -0.242. The number of nitrogens with one attached hydrogen (secondary N) is 1. The summed E-state index contributed by atoms with van der Waals surface area (Å²) in [5.74, 6) is 0.408. The number of hydrogen-bond acceptors (Lipinski definition) is 3. The van der Waals surface area contributed by atoms with Gasteiger partial charge >= 0.3 is 0 Å². The number of amides is 1. The molecule has 0 aromatic carbocycles. The van der Waals surface area contributed by atoms with E-state index in [0.29, 0.717) is 5.92 Å². The first-order chi connectivity index (χ1) is 7.54. The van der Waals surface area contributed by atoms with Gasteiger partial charge in [-0.1, -0.05) is 13.8 Å². The smallest absolute Gasteiger partial charge is 0.237 e. The summed E-state index contributed by atoms with van der Waals surface area (Å²) in [6.07, 6.45) is 4.04. The lowest BCUT2D eigenvalue weighted by Gasteiger charge is -2.22. The summed E-state index contributed by atoms with van der Waals surface area (Å²) in [5.41, 5.74) is 5.83. The normalized spacial score (nSPS) is 27.1. The topological polar surface area (TPSA) is 64.3 Å². The molecule has 0 heterocycles. The number of rotatable bonds is 5. The zero-order valence-corrected chi connectivity index (χ0v) is 10.5. The largest absolute Gasteiger partial charge is 0.379 e. The highest BCUT2D eigenvalue weighted by molar-refractivity contribution is 5.81. The van der Waals surface area contributed by atoms with Crippen LogP contribution in [0.5, 0.6) is 0 Å². The SMILES string of the molecule is COC1CCCC1NC(=O)C(N)CC(C)C. The molecule has 0 spiro atoms. The standard InChI is InChI=1S/C12H24N2O2/c1-8(2)7-9(13)12(15)14-10-5-4-6-11(10)16-3/h8-11H,4-7,13H2,1-3H3,(H,14,15). The van der Waals surface area contributed by atoms with Crippen molar-refractivity contribution < 1.29 is 9.53 Å². The predicted octanol–water partition coefficient (Wildman–Crippen LogP) is 1.04. The van der Waals surface area contributed by atoms with E-state index < -0.39 is 6.04 Å². The quantitative estimate of drug-likeness (QED) is 0.739. The van der Waals surface area contributed by atoms with Crippen LogP contribution in [0.25, 0.3) is 0 Å². The lowest BCUT2D eigenvalue weighted by atomic mass is 10.0. The number of methoxy groups -OCH3 is 1. The van der Waals surface area contributed by atoms with E-state index in [2.05, 4.69) is 19.2 Å². The molecule has 1 fully saturated rings. The molecule has 94 valence electrons. The van der Waals surface area contributed by atoms with Gasteiger partial charge in [-0.15, -0.1) is 0 Å². The molecule has 0 bridgehead atoms. The third-order valence-electron chi connectivity index (χ3n) is 3.15. The highest BCUT2D eigenvalue weighted by Crippen LogP contribution is 2.21. The van der Waals surface area contributed by atoms with Crippen molar-refractivity contribution in [3.05, 3.63) is 0 Å². The van der Waals surface area contributed by atoms with Crippen molar-refractivity contribution in [3.63, 3.8) is 0 Å². The molecule has 4 nitrogen and oxygen atoms in total. The Balaban J connectivity index is 2.38. The van der Waals surface area contributed by atoms with Gasteiger partial charge in [0, 0.05) is 7.11 Å². The molecule has 3 unspecified atom stereocenters. The van der Waals surface area contributed by atoms with Crippen molar-refractivity contribution in [2.24, 2.45) is 11.7 Å². The van der Waals surface area contributed by atoms with Gasteiger partial charge in [-0.25, -0.2) is 0 Å². The van der Waals surface area contributed by atoms with E-state index in [1.165, 1.54) is 0 Å². The Labute approximate surface area is 97.9 Å². The molecule has 1 aliphatic rings. The second-order valence-corrected chi connectivity index (χ2v) is 5.06. The van der Waals surface area contributed by atoms with Crippen LogP contribution in [0, 0.1) is 5.92 Å². The van der Waals surface area contributed by atoms with E-state index in [0.717, 1.165) is 25.7 Å². The molecule has 1 saturated carbocycles. The van der Waals surface area contributed by atoms with Crippen LogP contribution in [-0.2, 0) is 9.53 Å². The molecule has 1 aliphatic carbocycles. The van der Waals surface area contributed by atoms with Gasteiger partial charge in [0.15, 0.2) is 0 Å². The minimum atomic E-state index is -0.391. The number of carbonyl (C=O) groups excluding carboxylic acids is 1. The maximum atomic E-state index is 11.8. The van der Waals surface area contributed by atoms with Gasteiger partial charge in [-0.05, 0) is 31.6 Å². The molecule has 0 saturated heterocycles. The van der Waals surface area contributed by atoms with E-state index in [1.54, 1.807) is 7.11 Å². The van der Waals surface area contributed by atoms with E-state index in [4.69, 9.17) is 10.5 Å². The summed E-state index contributed by atoms with van der Waals surface area (Å²) in [7, 11) is 1.70. The van der Waals surface area contributed by atoms with Crippen molar-refractivity contribution >= 4 is 5.91 Å². The fourth-order valence-corrected chi connectivity index (χ4v) is 2.28. The van der Waals surface area contributed by atoms with Crippen molar-refractivity contribution in [3.8, 4) is 0 Å². The average Bonchev–Trinajstić information content (AvgIpc) is 2.64. The molecule has 0 aromatic rings. The third-order valence-corrected chi connectivity index (χ3v) is 3.15. The van der Waals surface area contributed by atoms with Crippen molar-refractivity contribution in [1.82, 2.24) is 5.32 Å². The van der Waals surface area contributed by atoms with Crippen LogP contribution in [0.1, 0.15) is 39.5 Å². The summed E-state index contributed by atoms with van der Waals surface area (Å²) in [4.78, 5) is 11.8. The van der Waals surface area contributed by atoms with Gasteiger partial charge in [0.25, 0.3) is 0 Å². The Kier molecular flexibility index (Phi) is 5.22.